The number of hydrogen-bond donors (Lipinski definition) is 2. The molecule has 1 aliphatic heterocycles. The van der Waals surface area contributed by atoms with Crippen molar-refractivity contribution in [3.8, 4) is 0 Å². The molecule has 1 aromatic carbocycles. The first kappa shape index (κ1) is 19.7. The average Bonchev–Trinajstić information content (AvgIpc) is 3.09. The molecule has 0 amide bonds. The highest BCUT2D eigenvalue weighted by Crippen LogP contribution is 2.49. The molecule has 0 radical (unpaired) electrons. The fraction of sp³-hybridized carbons (Fsp3) is 0.417. The number of aryl methyl sites for hydroxylation is 2. The van der Waals surface area contributed by atoms with Crippen molar-refractivity contribution in [2.75, 3.05) is 5.32 Å². The number of hydrogen-bond acceptors (Lipinski definition) is 5. The number of nitrogens with zero attached hydrogens (tertiary/aromatic N) is 3. The number of carbonyl (C=O) groups is 1. The normalized spacial score (nSPS) is 17.4. The van der Waals surface area contributed by atoms with Gasteiger partial charge >= 0.3 is 5.97 Å². The summed E-state index contributed by atoms with van der Waals surface area (Å²) in [7, 11) is 0. The third-order valence-electron chi connectivity index (χ3n) is 6.91. The van der Waals surface area contributed by atoms with Crippen molar-refractivity contribution in [3.63, 3.8) is 0 Å². The number of rotatable bonds is 4. The molecule has 0 saturated heterocycles. The SMILES string of the molecule is Cc1cc([C@@H](C)Nc2ccc(C)nc2C(=O)O)c2nc3n(c(=O)c2c1)CCC31CCC1. The van der Waals surface area contributed by atoms with Crippen molar-refractivity contribution in [1.82, 2.24) is 14.5 Å². The van der Waals surface area contributed by atoms with Crippen LogP contribution in [0.3, 0.4) is 0 Å². The van der Waals surface area contributed by atoms with Crippen LogP contribution in [0.15, 0.2) is 29.1 Å². The molecule has 7 heteroatoms. The van der Waals surface area contributed by atoms with Gasteiger partial charge in [-0.1, -0.05) is 12.5 Å². The van der Waals surface area contributed by atoms with Crippen molar-refractivity contribution < 1.29 is 9.90 Å². The minimum atomic E-state index is -1.08. The molecule has 2 N–H and O–H groups in total. The zero-order valence-electron chi connectivity index (χ0n) is 18.0. The molecule has 7 nitrogen and oxygen atoms in total. The summed E-state index contributed by atoms with van der Waals surface area (Å²) in [5, 5.41) is 13.5. The van der Waals surface area contributed by atoms with Crippen molar-refractivity contribution in [2.45, 2.75) is 64.5 Å². The van der Waals surface area contributed by atoms with E-state index < -0.39 is 5.97 Å². The molecule has 31 heavy (non-hydrogen) atoms. The lowest BCUT2D eigenvalue weighted by Gasteiger charge is -2.37. The Kier molecular flexibility index (Phi) is 4.39. The van der Waals surface area contributed by atoms with Crippen molar-refractivity contribution in [3.05, 3.63) is 63.0 Å². The molecule has 1 spiro atoms. The molecule has 2 aliphatic rings. The molecule has 1 aliphatic carbocycles. The van der Waals surface area contributed by atoms with Crippen LogP contribution in [0, 0.1) is 13.8 Å². The predicted octanol–water partition coefficient (Wildman–Crippen LogP) is 4.11. The second-order valence-electron chi connectivity index (χ2n) is 9.05. The Labute approximate surface area is 180 Å². The maximum Gasteiger partial charge on any atom is 0.356 e. The molecule has 0 unspecified atom stereocenters. The van der Waals surface area contributed by atoms with Gasteiger partial charge in [0.05, 0.1) is 22.6 Å². The van der Waals surface area contributed by atoms with E-state index in [1.165, 1.54) is 6.42 Å². The van der Waals surface area contributed by atoms with Crippen LogP contribution < -0.4 is 10.9 Å². The number of aromatic nitrogens is 3. The van der Waals surface area contributed by atoms with Gasteiger partial charge in [0, 0.05) is 23.2 Å². The summed E-state index contributed by atoms with van der Waals surface area (Å²) in [6.45, 7) is 6.44. The van der Waals surface area contributed by atoms with Crippen LogP contribution in [-0.2, 0) is 12.0 Å². The maximum absolute atomic E-state index is 13.3. The van der Waals surface area contributed by atoms with Crippen LogP contribution in [0.25, 0.3) is 10.9 Å². The Morgan fingerprint density at radius 2 is 1.97 bits per heavy atom. The van der Waals surface area contributed by atoms with Crippen LogP contribution in [0.4, 0.5) is 5.69 Å². The lowest BCUT2D eigenvalue weighted by atomic mass is 9.67. The molecule has 5 rings (SSSR count). The quantitative estimate of drug-likeness (QED) is 0.662. The lowest BCUT2D eigenvalue weighted by Crippen LogP contribution is -2.34. The number of fused-ring (bicyclic) bond motifs is 3. The predicted molar refractivity (Wildman–Crippen MR) is 119 cm³/mol. The maximum atomic E-state index is 13.3. The largest absolute Gasteiger partial charge is 0.476 e. The summed E-state index contributed by atoms with van der Waals surface area (Å²) < 4.78 is 1.87. The molecule has 1 fully saturated rings. The fourth-order valence-electron chi connectivity index (χ4n) is 5.11. The van der Waals surface area contributed by atoms with Gasteiger partial charge in [-0.05, 0) is 63.8 Å². The second kappa shape index (κ2) is 6.90. The lowest BCUT2D eigenvalue weighted by molar-refractivity contribution is 0.0691. The standard InChI is InChI=1S/C24H26N4O3/c1-13-11-16(15(3)26-18-6-5-14(2)25-20(18)22(30)31)19-17(12-13)21(29)28-10-9-24(7-4-8-24)23(28)27-19/h5-6,11-12,15,26H,4,7-10H2,1-3H3,(H,30,31)/t15-/m1/s1. The fourth-order valence-corrected chi connectivity index (χ4v) is 5.11. The van der Waals surface area contributed by atoms with Gasteiger partial charge in [0.15, 0.2) is 5.69 Å². The number of carboxylic acids is 1. The van der Waals surface area contributed by atoms with E-state index in [0.717, 1.165) is 42.8 Å². The van der Waals surface area contributed by atoms with Crippen molar-refractivity contribution in [1.29, 1.82) is 0 Å². The monoisotopic (exact) mass is 418 g/mol. The second-order valence-corrected chi connectivity index (χ2v) is 9.05. The highest BCUT2D eigenvalue weighted by atomic mass is 16.4. The van der Waals surface area contributed by atoms with Crippen LogP contribution >= 0.6 is 0 Å². The molecule has 160 valence electrons. The Balaban J connectivity index is 1.64. The van der Waals surface area contributed by atoms with Crippen LogP contribution in [0.2, 0.25) is 0 Å². The molecule has 0 bridgehead atoms. The number of aromatic carboxylic acids is 1. The smallest absolute Gasteiger partial charge is 0.356 e. The summed E-state index contributed by atoms with van der Waals surface area (Å²) in [5.74, 6) is -0.148. The molecular weight excluding hydrogens is 392 g/mol. The number of pyridine rings is 1. The van der Waals surface area contributed by atoms with Crippen molar-refractivity contribution in [2.24, 2.45) is 0 Å². The third kappa shape index (κ3) is 3.02. The summed E-state index contributed by atoms with van der Waals surface area (Å²) in [5.41, 5.74) is 3.77. The molecule has 2 aromatic heterocycles. The first-order valence-corrected chi connectivity index (χ1v) is 10.8. The number of anilines is 1. The van der Waals surface area contributed by atoms with E-state index in [1.54, 1.807) is 19.1 Å². The summed E-state index contributed by atoms with van der Waals surface area (Å²) >= 11 is 0. The van der Waals surface area contributed by atoms with Gasteiger partial charge in [0.2, 0.25) is 0 Å². The minimum Gasteiger partial charge on any atom is -0.476 e. The summed E-state index contributed by atoms with van der Waals surface area (Å²) in [6, 6.07) is 7.22. The van der Waals surface area contributed by atoms with Crippen LogP contribution in [0.1, 0.15) is 71.8 Å². The topological polar surface area (TPSA) is 97.1 Å². The van der Waals surface area contributed by atoms with Gasteiger partial charge in [-0.2, -0.15) is 0 Å². The van der Waals surface area contributed by atoms with Gasteiger partial charge < -0.3 is 10.4 Å². The van der Waals surface area contributed by atoms with E-state index in [-0.39, 0.29) is 22.7 Å². The zero-order chi connectivity index (χ0) is 21.9. The van der Waals surface area contributed by atoms with E-state index >= 15 is 0 Å². The molecule has 3 aromatic rings. The first-order chi connectivity index (χ1) is 14.8. The van der Waals surface area contributed by atoms with E-state index in [4.69, 9.17) is 4.98 Å². The Hall–Kier alpha value is -3.22. The molecular formula is C24H26N4O3. The summed E-state index contributed by atoms with van der Waals surface area (Å²) in [4.78, 5) is 34.2. The highest BCUT2D eigenvalue weighted by Gasteiger charge is 2.46. The summed E-state index contributed by atoms with van der Waals surface area (Å²) in [6.07, 6.45) is 4.36. The van der Waals surface area contributed by atoms with Crippen molar-refractivity contribution >= 4 is 22.6 Å². The van der Waals surface area contributed by atoms with Gasteiger partial charge in [0.1, 0.15) is 5.82 Å². The molecule has 1 saturated carbocycles. The van der Waals surface area contributed by atoms with Gasteiger partial charge in [-0.3, -0.25) is 9.36 Å². The van der Waals surface area contributed by atoms with Crippen LogP contribution in [-0.4, -0.2) is 25.6 Å². The first-order valence-electron chi connectivity index (χ1n) is 10.8. The Morgan fingerprint density at radius 1 is 1.19 bits per heavy atom. The molecule has 1 atom stereocenters. The number of benzene rings is 1. The van der Waals surface area contributed by atoms with E-state index in [2.05, 4.69) is 10.3 Å². The van der Waals surface area contributed by atoms with Crippen LogP contribution in [0.5, 0.6) is 0 Å². The highest BCUT2D eigenvalue weighted by molar-refractivity contribution is 5.92. The van der Waals surface area contributed by atoms with Gasteiger partial charge in [-0.15, -0.1) is 0 Å². The van der Waals surface area contributed by atoms with E-state index in [9.17, 15) is 14.7 Å². The third-order valence-corrected chi connectivity index (χ3v) is 6.91. The van der Waals surface area contributed by atoms with Gasteiger partial charge in [-0.25, -0.2) is 14.8 Å². The zero-order valence-corrected chi connectivity index (χ0v) is 18.0. The minimum absolute atomic E-state index is 0.00819. The number of carboxylic acid groups (broad SMARTS) is 1. The number of nitrogens with one attached hydrogen (secondary N) is 1. The average molecular weight is 418 g/mol. The van der Waals surface area contributed by atoms with E-state index in [1.807, 2.05) is 30.5 Å². The Morgan fingerprint density at radius 3 is 2.65 bits per heavy atom. The Bertz CT molecular complexity index is 1290. The van der Waals surface area contributed by atoms with Gasteiger partial charge in [0.25, 0.3) is 5.56 Å². The molecule has 3 heterocycles. The van der Waals surface area contributed by atoms with E-state index in [0.29, 0.717) is 22.3 Å².